The van der Waals surface area contributed by atoms with Crippen LogP contribution in [0.15, 0.2) is 22.6 Å². The highest BCUT2D eigenvalue weighted by atomic mass is 32.1. The van der Waals surface area contributed by atoms with E-state index in [9.17, 15) is 9.59 Å². The molecule has 0 unspecified atom stereocenters. The summed E-state index contributed by atoms with van der Waals surface area (Å²) < 4.78 is 1.56. The van der Waals surface area contributed by atoms with Crippen molar-refractivity contribution in [3.8, 4) is 0 Å². The first-order chi connectivity index (χ1) is 9.61. The van der Waals surface area contributed by atoms with Crippen molar-refractivity contribution >= 4 is 23.1 Å². The summed E-state index contributed by atoms with van der Waals surface area (Å²) in [6.07, 6.45) is 3.74. The maximum atomic E-state index is 11.9. The molecule has 2 rings (SSSR count). The minimum Gasteiger partial charge on any atom is -0.476 e. The van der Waals surface area contributed by atoms with Crippen LogP contribution in [0.3, 0.4) is 0 Å². The summed E-state index contributed by atoms with van der Waals surface area (Å²) in [5, 5.41) is 13.9. The number of nitrogens with one attached hydrogen (secondary N) is 1. The van der Waals surface area contributed by atoms with Crippen molar-refractivity contribution in [2.45, 2.75) is 19.9 Å². The highest BCUT2D eigenvalue weighted by Gasteiger charge is 2.09. The van der Waals surface area contributed by atoms with Crippen LogP contribution in [0.4, 0.5) is 5.82 Å². The van der Waals surface area contributed by atoms with Gasteiger partial charge in [0.2, 0.25) is 0 Å². The van der Waals surface area contributed by atoms with Crippen molar-refractivity contribution in [3.63, 3.8) is 0 Å². The normalized spacial score (nSPS) is 10.4. The zero-order valence-corrected chi connectivity index (χ0v) is 11.7. The van der Waals surface area contributed by atoms with Gasteiger partial charge >= 0.3 is 5.97 Å². The van der Waals surface area contributed by atoms with Crippen molar-refractivity contribution < 1.29 is 9.90 Å². The number of aromatic carboxylic acids is 1. The lowest BCUT2D eigenvalue weighted by molar-refractivity contribution is 0.0691. The van der Waals surface area contributed by atoms with E-state index in [2.05, 4.69) is 15.3 Å². The van der Waals surface area contributed by atoms with Crippen LogP contribution in [0.5, 0.6) is 0 Å². The number of aromatic nitrogens is 3. The molecule has 2 aromatic rings. The summed E-state index contributed by atoms with van der Waals surface area (Å²) in [6.45, 7) is 2.95. The third-order valence-electron chi connectivity index (χ3n) is 2.66. The lowest BCUT2D eigenvalue weighted by Crippen LogP contribution is -2.24. The Morgan fingerprint density at radius 1 is 1.55 bits per heavy atom. The predicted octanol–water partition coefficient (Wildman–Crippen LogP) is 1.07. The Balaban J connectivity index is 1.96. The molecule has 0 radical (unpaired) electrons. The van der Waals surface area contributed by atoms with Gasteiger partial charge in [-0.05, 0) is 6.92 Å². The number of hydrogen-bond acceptors (Lipinski definition) is 6. The highest BCUT2D eigenvalue weighted by Crippen LogP contribution is 2.10. The van der Waals surface area contributed by atoms with E-state index in [-0.39, 0.29) is 11.3 Å². The zero-order chi connectivity index (χ0) is 14.5. The van der Waals surface area contributed by atoms with E-state index in [1.807, 2.05) is 6.92 Å². The van der Waals surface area contributed by atoms with Gasteiger partial charge in [-0.3, -0.25) is 4.79 Å². The van der Waals surface area contributed by atoms with E-state index in [1.54, 1.807) is 17.0 Å². The molecule has 0 saturated heterocycles. The van der Waals surface area contributed by atoms with Gasteiger partial charge in [0.25, 0.3) is 5.56 Å². The number of carboxylic acids is 1. The van der Waals surface area contributed by atoms with E-state index in [1.165, 1.54) is 16.7 Å². The molecule has 20 heavy (non-hydrogen) atoms. The molecule has 106 valence electrons. The van der Waals surface area contributed by atoms with Crippen LogP contribution in [-0.2, 0) is 13.0 Å². The number of thiazole rings is 1. The topological polar surface area (TPSA) is 97.1 Å². The second-order valence-electron chi connectivity index (χ2n) is 3.98. The molecule has 0 bridgehead atoms. The van der Waals surface area contributed by atoms with Crippen LogP contribution >= 0.6 is 11.3 Å². The molecular weight excluding hydrogens is 280 g/mol. The second-order valence-corrected chi connectivity index (χ2v) is 4.92. The molecule has 2 heterocycles. The molecule has 0 aromatic carbocycles. The number of carbonyl (C=O) groups is 1. The smallest absolute Gasteiger partial charge is 0.355 e. The van der Waals surface area contributed by atoms with Crippen molar-refractivity contribution in [1.82, 2.24) is 14.5 Å². The van der Waals surface area contributed by atoms with Gasteiger partial charge in [0.05, 0.1) is 5.01 Å². The van der Waals surface area contributed by atoms with E-state index >= 15 is 0 Å². The standard InChI is InChI=1S/C12H14N4O3S/c1-2-16-6-5-14-10(11(16)17)13-4-3-9-15-8(7-20-9)12(18)19/h5-7H,2-4H2,1H3,(H,13,14)(H,18,19). The first kappa shape index (κ1) is 14.2. The Morgan fingerprint density at radius 3 is 3.00 bits per heavy atom. The third kappa shape index (κ3) is 3.21. The lowest BCUT2D eigenvalue weighted by Gasteiger charge is -2.06. The monoisotopic (exact) mass is 294 g/mol. The zero-order valence-electron chi connectivity index (χ0n) is 10.9. The third-order valence-corrected chi connectivity index (χ3v) is 3.57. The quantitative estimate of drug-likeness (QED) is 0.827. The van der Waals surface area contributed by atoms with Crippen molar-refractivity contribution in [2.75, 3.05) is 11.9 Å². The van der Waals surface area contributed by atoms with Crippen molar-refractivity contribution in [3.05, 3.63) is 38.8 Å². The molecule has 0 aliphatic rings. The van der Waals surface area contributed by atoms with Crippen molar-refractivity contribution in [2.24, 2.45) is 0 Å². The van der Waals surface area contributed by atoms with Crippen LogP contribution in [0, 0.1) is 0 Å². The van der Waals surface area contributed by atoms with E-state index in [0.29, 0.717) is 30.3 Å². The largest absolute Gasteiger partial charge is 0.476 e. The summed E-state index contributed by atoms with van der Waals surface area (Å²) in [5.41, 5.74) is -0.114. The van der Waals surface area contributed by atoms with E-state index in [4.69, 9.17) is 5.11 Å². The number of carboxylic acid groups (broad SMARTS) is 1. The minimum atomic E-state index is -1.03. The Bertz CT molecular complexity index is 665. The average Bonchev–Trinajstić information content (AvgIpc) is 2.90. The van der Waals surface area contributed by atoms with Gasteiger partial charge < -0.3 is 15.0 Å². The number of aryl methyl sites for hydroxylation is 1. The number of hydrogen-bond donors (Lipinski definition) is 2. The molecule has 0 atom stereocenters. The number of rotatable bonds is 6. The second kappa shape index (κ2) is 6.29. The average molecular weight is 294 g/mol. The molecule has 0 spiro atoms. The summed E-state index contributed by atoms with van der Waals surface area (Å²) in [5.74, 6) is -0.736. The number of anilines is 1. The first-order valence-corrected chi connectivity index (χ1v) is 6.96. The Hall–Kier alpha value is -2.22. The van der Waals surface area contributed by atoms with Gasteiger partial charge in [0, 0.05) is 37.3 Å². The van der Waals surface area contributed by atoms with E-state index in [0.717, 1.165) is 0 Å². The van der Waals surface area contributed by atoms with Gasteiger partial charge in [-0.15, -0.1) is 11.3 Å². The molecule has 0 aliphatic carbocycles. The maximum Gasteiger partial charge on any atom is 0.355 e. The fraction of sp³-hybridized carbons (Fsp3) is 0.333. The van der Waals surface area contributed by atoms with Crippen LogP contribution in [0.2, 0.25) is 0 Å². The van der Waals surface area contributed by atoms with Gasteiger partial charge in [-0.1, -0.05) is 0 Å². The van der Waals surface area contributed by atoms with Gasteiger partial charge in [0.1, 0.15) is 0 Å². The van der Waals surface area contributed by atoms with Gasteiger partial charge in [-0.25, -0.2) is 14.8 Å². The fourth-order valence-electron chi connectivity index (χ4n) is 1.63. The highest BCUT2D eigenvalue weighted by molar-refractivity contribution is 7.09. The Kier molecular flexibility index (Phi) is 4.46. The molecule has 2 N–H and O–H groups in total. The molecule has 8 heteroatoms. The van der Waals surface area contributed by atoms with Crippen LogP contribution in [-0.4, -0.2) is 32.2 Å². The predicted molar refractivity (Wildman–Crippen MR) is 75.4 cm³/mol. The summed E-state index contributed by atoms with van der Waals surface area (Å²) >= 11 is 1.29. The Morgan fingerprint density at radius 2 is 2.35 bits per heavy atom. The molecule has 0 saturated carbocycles. The van der Waals surface area contributed by atoms with Crippen molar-refractivity contribution in [1.29, 1.82) is 0 Å². The molecular formula is C12H14N4O3S. The fourth-order valence-corrected chi connectivity index (χ4v) is 2.40. The van der Waals surface area contributed by atoms with Crippen LogP contribution < -0.4 is 10.9 Å². The maximum absolute atomic E-state index is 11.9. The summed E-state index contributed by atoms with van der Waals surface area (Å²) in [4.78, 5) is 30.6. The summed E-state index contributed by atoms with van der Waals surface area (Å²) in [7, 11) is 0. The molecule has 7 nitrogen and oxygen atoms in total. The van der Waals surface area contributed by atoms with Gasteiger partial charge in [0.15, 0.2) is 11.5 Å². The summed E-state index contributed by atoms with van der Waals surface area (Å²) in [6, 6.07) is 0. The molecule has 2 aromatic heterocycles. The molecule has 0 amide bonds. The lowest BCUT2D eigenvalue weighted by atomic mass is 10.4. The Labute approximate surface area is 118 Å². The van der Waals surface area contributed by atoms with E-state index < -0.39 is 5.97 Å². The first-order valence-electron chi connectivity index (χ1n) is 6.08. The van der Waals surface area contributed by atoms with Gasteiger partial charge in [-0.2, -0.15) is 0 Å². The molecule has 0 fully saturated rings. The van der Waals surface area contributed by atoms with Crippen LogP contribution in [0.1, 0.15) is 22.4 Å². The SMILES string of the molecule is CCn1ccnc(NCCc2nc(C(=O)O)cs2)c1=O. The minimum absolute atomic E-state index is 0.0520. The van der Waals surface area contributed by atoms with Crippen LogP contribution in [0.25, 0.3) is 0 Å². The number of nitrogens with zero attached hydrogens (tertiary/aromatic N) is 3. The molecule has 0 aliphatic heterocycles.